The predicted octanol–water partition coefficient (Wildman–Crippen LogP) is 3.38. The number of pyridine rings is 1. The minimum atomic E-state index is -3.81. The van der Waals surface area contributed by atoms with Crippen molar-refractivity contribution in [2.45, 2.75) is 25.2 Å². The normalized spacial score (nSPS) is 11.5. The first-order valence-corrected chi connectivity index (χ1v) is 11.9. The van der Waals surface area contributed by atoms with Crippen molar-refractivity contribution in [2.24, 2.45) is 0 Å². The Morgan fingerprint density at radius 3 is 2.33 bits per heavy atom. The Bertz CT molecular complexity index is 1410. The molecule has 0 fully saturated rings. The topological polar surface area (TPSA) is 108 Å². The Hall–Kier alpha value is -3.85. The van der Waals surface area contributed by atoms with Gasteiger partial charge in [-0.05, 0) is 55.8 Å². The van der Waals surface area contributed by atoms with Gasteiger partial charge in [-0.2, -0.15) is 0 Å². The molecule has 0 amide bonds. The highest BCUT2D eigenvalue weighted by Gasteiger charge is 2.24. The number of aromatic nitrogens is 3. The van der Waals surface area contributed by atoms with Gasteiger partial charge in [-0.3, -0.25) is 14.2 Å². The number of hydrogen-bond donors (Lipinski definition) is 2. The number of anilines is 1. The number of para-hydroxylation sites is 1. The van der Waals surface area contributed by atoms with E-state index in [1.54, 1.807) is 62.4 Å². The molecule has 0 atom stereocenters. The smallest absolute Gasteiger partial charge is 0.276 e. The van der Waals surface area contributed by atoms with Crippen molar-refractivity contribution < 1.29 is 13.5 Å². The van der Waals surface area contributed by atoms with Crippen LogP contribution in [0.1, 0.15) is 23.7 Å². The molecule has 0 bridgehead atoms. The largest absolute Gasteiger partial charge is 0.508 e. The molecule has 2 aromatic heterocycles. The summed E-state index contributed by atoms with van der Waals surface area (Å²) in [6, 6.07) is 18.5. The van der Waals surface area contributed by atoms with Crippen LogP contribution < -0.4 is 9.86 Å². The standard InChI is InChI=1S/C24H24N4O4S/c1-3-27(19-7-5-4-6-8-19)33(31,32)21-13-14-23(25-16-21)28-24(30)22(17(2)26-28)15-18-9-11-20(29)12-10-18/h4-14,16,26,29H,3,15H2,1-2H3. The van der Waals surface area contributed by atoms with Crippen molar-refractivity contribution in [2.75, 3.05) is 10.8 Å². The lowest BCUT2D eigenvalue weighted by Gasteiger charge is -2.22. The third-order valence-corrected chi connectivity index (χ3v) is 7.27. The minimum Gasteiger partial charge on any atom is -0.508 e. The Morgan fingerprint density at radius 2 is 1.73 bits per heavy atom. The molecule has 33 heavy (non-hydrogen) atoms. The van der Waals surface area contributed by atoms with E-state index in [9.17, 15) is 18.3 Å². The molecule has 0 saturated heterocycles. The van der Waals surface area contributed by atoms with Crippen LogP contribution in [0.5, 0.6) is 5.75 Å². The van der Waals surface area contributed by atoms with Crippen molar-refractivity contribution in [1.29, 1.82) is 0 Å². The van der Waals surface area contributed by atoms with Gasteiger partial charge in [0.25, 0.3) is 15.6 Å². The van der Waals surface area contributed by atoms with E-state index in [1.807, 2.05) is 6.07 Å². The third kappa shape index (κ3) is 4.40. The number of aromatic hydroxyl groups is 1. The Balaban J connectivity index is 1.63. The molecular weight excluding hydrogens is 440 g/mol. The fraction of sp³-hybridized carbons (Fsp3) is 0.167. The summed E-state index contributed by atoms with van der Waals surface area (Å²) in [5.41, 5.74) is 2.45. The van der Waals surface area contributed by atoms with Crippen LogP contribution >= 0.6 is 0 Å². The lowest BCUT2D eigenvalue weighted by Crippen LogP contribution is -2.30. The van der Waals surface area contributed by atoms with E-state index in [2.05, 4.69) is 10.1 Å². The molecule has 0 unspecified atom stereocenters. The first kappa shape index (κ1) is 22.3. The van der Waals surface area contributed by atoms with Gasteiger partial charge < -0.3 is 5.11 Å². The van der Waals surface area contributed by atoms with Crippen LogP contribution in [0.15, 0.2) is 82.6 Å². The molecule has 0 aliphatic carbocycles. The van der Waals surface area contributed by atoms with E-state index in [4.69, 9.17) is 0 Å². The Morgan fingerprint density at radius 1 is 1.03 bits per heavy atom. The summed E-state index contributed by atoms with van der Waals surface area (Å²) in [7, 11) is -3.81. The highest BCUT2D eigenvalue weighted by Crippen LogP contribution is 2.23. The quantitative estimate of drug-likeness (QED) is 0.436. The average Bonchev–Trinajstić information content (AvgIpc) is 3.10. The summed E-state index contributed by atoms with van der Waals surface area (Å²) in [5, 5.41) is 12.5. The second kappa shape index (κ2) is 8.95. The molecule has 2 heterocycles. The summed E-state index contributed by atoms with van der Waals surface area (Å²) in [4.78, 5) is 17.3. The number of benzene rings is 2. The fourth-order valence-corrected chi connectivity index (χ4v) is 5.06. The zero-order chi connectivity index (χ0) is 23.6. The van der Waals surface area contributed by atoms with E-state index in [0.717, 1.165) is 5.56 Å². The number of rotatable bonds is 7. The van der Waals surface area contributed by atoms with Gasteiger partial charge >= 0.3 is 0 Å². The molecule has 8 nitrogen and oxygen atoms in total. The minimum absolute atomic E-state index is 0.0394. The predicted molar refractivity (Wildman–Crippen MR) is 126 cm³/mol. The molecule has 0 aliphatic heterocycles. The van der Waals surface area contributed by atoms with Crippen LogP contribution in [0.2, 0.25) is 0 Å². The van der Waals surface area contributed by atoms with Crippen LogP contribution in [0, 0.1) is 6.92 Å². The second-order valence-corrected chi connectivity index (χ2v) is 9.42. The van der Waals surface area contributed by atoms with Crippen molar-refractivity contribution >= 4 is 15.7 Å². The van der Waals surface area contributed by atoms with Crippen molar-refractivity contribution in [3.8, 4) is 11.6 Å². The van der Waals surface area contributed by atoms with Crippen LogP contribution in [0.4, 0.5) is 5.69 Å². The van der Waals surface area contributed by atoms with Gasteiger partial charge in [0.05, 0.1) is 5.69 Å². The first-order valence-electron chi connectivity index (χ1n) is 10.4. The summed E-state index contributed by atoms with van der Waals surface area (Å²) in [6.45, 7) is 3.83. The maximum absolute atomic E-state index is 13.2. The number of sulfonamides is 1. The van der Waals surface area contributed by atoms with E-state index >= 15 is 0 Å². The van der Waals surface area contributed by atoms with Gasteiger partial charge in [-0.15, -0.1) is 0 Å². The molecule has 2 N–H and O–H groups in total. The maximum atomic E-state index is 13.2. The lowest BCUT2D eigenvalue weighted by molar-refractivity contribution is 0.475. The number of aromatic amines is 1. The van der Waals surface area contributed by atoms with Gasteiger partial charge in [0.1, 0.15) is 10.6 Å². The fourth-order valence-electron chi connectivity index (χ4n) is 3.64. The van der Waals surface area contributed by atoms with Crippen LogP contribution in [-0.4, -0.2) is 34.8 Å². The second-order valence-electron chi connectivity index (χ2n) is 7.56. The summed E-state index contributed by atoms with van der Waals surface area (Å²) >= 11 is 0. The van der Waals surface area contributed by atoms with Crippen molar-refractivity contribution in [3.63, 3.8) is 0 Å². The van der Waals surface area contributed by atoms with Gasteiger partial charge in [-0.25, -0.2) is 18.1 Å². The summed E-state index contributed by atoms with van der Waals surface area (Å²) in [6.07, 6.45) is 1.65. The molecule has 2 aromatic carbocycles. The van der Waals surface area contributed by atoms with E-state index in [1.165, 1.54) is 27.3 Å². The zero-order valence-corrected chi connectivity index (χ0v) is 19.1. The van der Waals surface area contributed by atoms with E-state index in [0.29, 0.717) is 29.2 Å². The van der Waals surface area contributed by atoms with Crippen molar-refractivity contribution in [1.82, 2.24) is 14.8 Å². The van der Waals surface area contributed by atoms with E-state index < -0.39 is 10.0 Å². The first-order chi connectivity index (χ1) is 15.8. The molecule has 4 aromatic rings. The van der Waals surface area contributed by atoms with Crippen molar-refractivity contribution in [3.05, 3.63) is 100 Å². The number of nitrogens with one attached hydrogen (secondary N) is 1. The van der Waals surface area contributed by atoms with E-state index in [-0.39, 0.29) is 22.7 Å². The monoisotopic (exact) mass is 464 g/mol. The molecule has 0 spiro atoms. The maximum Gasteiger partial charge on any atom is 0.276 e. The zero-order valence-electron chi connectivity index (χ0n) is 18.3. The molecule has 4 rings (SSSR count). The molecule has 9 heteroatoms. The average molecular weight is 465 g/mol. The number of hydrogen-bond acceptors (Lipinski definition) is 5. The van der Waals surface area contributed by atoms with Gasteiger partial charge in [0.15, 0.2) is 5.82 Å². The van der Waals surface area contributed by atoms with Crippen LogP contribution in [-0.2, 0) is 16.4 Å². The van der Waals surface area contributed by atoms with Gasteiger partial charge in [-0.1, -0.05) is 30.3 Å². The van der Waals surface area contributed by atoms with Gasteiger partial charge in [0.2, 0.25) is 0 Å². The molecule has 170 valence electrons. The van der Waals surface area contributed by atoms with Crippen LogP contribution in [0.3, 0.4) is 0 Å². The van der Waals surface area contributed by atoms with Gasteiger partial charge in [0, 0.05) is 30.4 Å². The highest BCUT2D eigenvalue weighted by molar-refractivity contribution is 7.92. The summed E-state index contributed by atoms with van der Waals surface area (Å²) in [5.74, 6) is 0.455. The third-order valence-electron chi connectivity index (χ3n) is 5.38. The number of nitrogens with zero attached hydrogens (tertiary/aromatic N) is 3. The lowest BCUT2D eigenvalue weighted by atomic mass is 10.1. The number of phenols is 1. The number of phenolic OH excluding ortho intramolecular Hbond substituents is 1. The summed E-state index contributed by atoms with van der Waals surface area (Å²) < 4.78 is 28.9. The number of aryl methyl sites for hydroxylation is 1. The highest BCUT2D eigenvalue weighted by atomic mass is 32.2. The Labute approximate surface area is 191 Å². The molecule has 0 saturated carbocycles. The number of H-pyrrole nitrogens is 1. The Kier molecular flexibility index (Phi) is 6.06. The van der Waals surface area contributed by atoms with Crippen LogP contribution in [0.25, 0.3) is 5.82 Å². The SMILES string of the molecule is CCN(c1ccccc1)S(=O)(=O)c1ccc(-n2[nH]c(C)c(Cc3ccc(O)cc3)c2=O)nc1. The molecule has 0 aliphatic rings. The molecular formula is C24H24N4O4S. The molecule has 0 radical (unpaired) electrons.